The Balaban J connectivity index is 2.07. The maximum Gasteiger partial charge on any atom is 0.126 e. The Labute approximate surface area is 228 Å². The summed E-state index contributed by atoms with van der Waals surface area (Å²) >= 11 is 0. The number of aliphatic hydroxyl groups is 3. The van der Waals surface area contributed by atoms with Crippen LogP contribution in [0.2, 0.25) is 0 Å². The average Bonchev–Trinajstić information content (AvgIpc) is 2.95. The van der Waals surface area contributed by atoms with E-state index in [9.17, 15) is 15.3 Å². The molecule has 1 unspecified atom stereocenters. The monoisotopic (exact) mass is 520 g/mol. The van der Waals surface area contributed by atoms with E-state index >= 15 is 0 Å². The molecule has 206 valence electrons. The minimum absolute atomic E-state index is 0.130. The number of nitrogens with zero attached hydrogens (tertiary/aromatic N) is 2. The van der Waals surface area contributed by atoms with Crippen LogP contribution in [0.3, 0.4) is 0 Å². The van der Waals surface area contributed by atoms with Crippen molar-refractivity contribution in [1.82, 2.24) is 0 Å². The van der Waals surface area contributed by atoms with Gasteiger partial charge >= 0.3 is 0 Å². The van der Waals surface area contributed by atoms with Crippen molar-refractivity contribution in [3.63, 3.8) is 0 Å². The Hall–Kier alpha value is -2.90. The maximum absolute atomic E-state index is 9.49. The quantitative estimate of drug-likeness (QED) is 0.308. The fraction of sp³-hybridized carbons (Fsp3) is 0.438. The Morgan fingerprint density at radius 3 is 1.87 bits per heavy atom. The van der Waals surface area contributed by atoms with Gasteiger partial charge in [0.25, 0.3) is 0 Å². The van der Waals surface area contributed by atoms with Crippen molar-refractivity contribution in [2.24, 2.45) is 0 Å². The molecule has 4 N–H and O–H groups in total. The molecular weight excluding hydrogens is 474 g/mol. The van der Waals surface area contributed by atoms with E-state index in [1.165, 1.54) is 21.6 Å². The van der Waals surface area contributed by atoms with Gasteiger partial charge in [-0.3, -0.25) is 0 Å². The van der Waals surface area contributed by atoms with Crippen molar-refractivity contribution < 1.29 is 20.2 Å². The van der Waals surface area contributed by atoms with Crippen LogP contribution in [0.1, 0.15) is 37.5 Å². The van der Waals surface area contributed by atoms with Gasteiger partial charge in [0.1, 0.15) is 12.6 Å². The highest BCUT2D eigenvalue weighted by atomic mass is 16.3. The summed E-state index contributed by atoms with van der Waals surface area (Å²) in [7, 11) is 0. The molecule has 0 amide bonds. The molecule has 1 aliphatic carbocycles. The Kier molecular flexibility index (Phi) is 11.6. The number of hydrogen-bond donors (Lipinski definition) is 4. The number of likely N-dealkylation sites (N-methyl/N-ethyl adjacent to an activating group) is 3. The summed E-state index contributed by atoms with van der Waals surface area (Å²) in [5.41, 5.74) is 8.08. The standard InChI is InChI=1S/C32H45N3O3/c1-5-33(18-21-36)28-12-8-26(9-13-28)32(27-10-14-29(15-11-27)34(6-2)19-22-37)31-17-16-30(24-25(31)4)35(7-3)20-23-38/h8-17,24,28,36-38H,5-7,18-23H2,1-4H3/p+1. The average molecular weight is 521 g/mol. The van der Waals surface area contributed by atoms with Crippen molar-refractivity contribution in [2.75, 3.05) is 68.9 Å². The van der Waals surface area contributed by atoms with Crippen LogP contribution in [0.25, 0.3) is 5.57 Å². The Bertz CT molecular complexity index is 1090. The molecule has 1 atom stereocenters. The third-order valence-electron chi connectivity index (χ3n) is 7.48. The first kappa shape index (κ1) is 29.7. The molecular formula is C32H46N3O3+. The summed E-state index contributed by atoms with van der Waals surface area (Å²) in [4.78, 5) is 5.70. The third kappa shape index (κ3) is 7.14. The van der Waals surface area contributed by atoms with E-state index in [1.807, 2.05) is 0 Å². The summed E-state index contributed by atoms with van der Waals surface area (Å²) in [5, 5.41) is 28.4. The van der Waals surface area contributed by atoms with Crippen molar-refractivity contribution in [3.05, 3.63) is 89.0 Å². The molecule has 0 heterocycles. The number of benzene rings is 2. The molecule has 2 aromatic carbocycles. The minimum Gasteiger partial charge on any atom is -0.395 e. The zero-order chi connectivity index (χ0) is 27.5. The van der Waals surface area contributed by atoms with Crippen LogP contribution in [0.15, 0.2) is 72.3 Å². The molecule has 3 rings (SSSR count). The molecule has 2 aromatic rings. The SMILES string of the molecule is CCN(CCO)c1ccc(C(=C2C=CC([NH+](CC)CCO)C=C2)c2ccc(N(CC)CCO)cc2C)cc1. The minimum atomic E-state index is 0.130. The predicted octanol–water partition coefficient (Wildman–Crippen LogP) is 2.83. The zero-order valence-electron chi connectivity index (χ0n) is 23.5. The summed E-state index contributed by atoms with van der Waals surface area (Å²) in [5.74, 6) is 0. The lowest BCUT2D eigenvalue weighted by Gasteiger charge is -2.26. The first-order chi connectivity index (χ1) is 18.5. The van der Waals surface area contributed by atoms with Gasteiger partial charge in [-0.1, -0.05) is 30.4 Å². The molecule has 0 aromatic heterocycles. The van der Waals surface area contributed by atoms with Crippen LogP contribution in [0.4, 0.5) is 11.4 Å². The molecule has 0 saturated carbocycles. The second kappa shape index (κ2) is 14.9. The number of hydrogen-bond acceptors (Lipinski definition) is 5. The molecule has 0 saturated heterocycles. The molecule has 6 nitrogen and oxygen atoms in total. The lowest BCUT2D eigenvalue weighted by Crippen LogP contribution is -3.15. The molecule has 0 spiro atoms. The topological polar surface area (TPSA) is 71.6 Å². The third-order valence-corrected chi connectivity index (χ3v) is 7.48. The smallest absolute Gasteiger partial charge is 0.126 e. The molecule has 38 heavy (non-hydrogen) atoms. The van der Waals surface area contributed by atoms with Crippen LogP contribution in [-0.4, -0.2) is 80.5 Å². The van der Waals surface area contributed by atoms with Crippen LogP contribution < -0.4 is 14.7 Å². The normalized spacial score (nSPS) is 15.6. The molecule has 0 aliphatic heterocycles. The number of anilines is 2. The van der Waals surface area contributed by atoms with Gasteiger partial charge in [-0.05, 0) is 91.9 Å². The first-order valence-corrected chi connectivity index (χ1v) is 14.0. The van der Waals surface area contributed by atoms with Crippen LogP contribution in [0, 0.1) is 6.92 Å². The van der Waals surface area contributed by atoms with E-state index in [1.54, 1.807) is 0 Å². The molecule has 0 radical (unpaired) electrons. The highest BCUT2D eigenvalue weighted by Gasteiger charge is 2.20. The second-order valence-electron chi connectivity index (χ2n) is 9.71. The van der Waals surface area contributed by atoms with Crippen molar-refractivity contribution in [3.8, 4) is 0 Å². The van der Waals surface area contributed by atoms with Gasteiger partial charge in [0.05, 0.1) is 26.4 Å². The van der Waals surface area contributed by atoms with Gasteiger partial charge in [0.15, 0.2) is 0 Å². The van der Waals surface area contributed by atoms with Crippen LogP contribution in [-0.2, 0) is 0 Å². The van der Waals surface area contributed by atoms with Crippen LogP contribution in [0.5, 0.6) is 0 Å². The van der Waals surface area contributed by atoms with Crippen molar-refractivity contribution in [2.45, 2.75) is 33.7 Å². The second-order valence-corrected chi connectivity index (χ2v) is 9.71. The Morgan fingerprint density at radius 2 is 1.37 bits per heavy atom. The zero-order valence-corrected chi connectivity index (χ0v) is 23.5. The van der Waals surface area contributed by atoms with Gasteiger partial charge in [-0.2, -0.15) is 0 Å². The largest absolute Gasteiger partial charge is 0.395 e. The first-order valence-electron chi connectivity index (χ1n) is 14.0. The van der Waals surface area contributed by atoms with Gasteiger partial charge in [-0.15, -0.1) is 0 Å². The molecule has 6 heteroatoms. The van der Waals surface area contributed by atoms with Gasteiger partial charge in [0, 0.05) is 37.6 Å². The Morgan fingerprint density at radius 1 is 0.789 bits per heavy atom. The number of quaternary nitrogens is 1. The van der Waals surface area contributed by atoms with E-state index in [2.05, 4.69) is 104 Å². The lowest BCUT2D eigenvalue weighted by molar-refractivity contribution is -0.910. The molecule has 0 bridgehead atoms. The van der Waals surface area contributed by atoms with E-state index < -0.39 is 0 Å². The number of nitrogens with one attached hydrogen (secondary N) is 1. The van der Waals surface area contributed by atoms with E-state index in [0.29, 0.717) is 13.1 Å². The summed E-state index contributed by atoms with van der Waals surface area (Å²) in [6.45, 7) is 13.6. The maximum atomic E-state index is 9.49. The lowest BCUT2D eigenvalue weighted by atomic mass is 9.87. The van der Waals surface area contributed by atoms with Gasteiger partial charge < -0.3 is 30.0 Å². The number of aliphatic hydroxyl groups excluding tert-OH is 3. The van der Waals surface area contributed by atoms with E-state index in [-0.39, 0.29) is 25.9 Å². The van der Waals surface area contributed by atoms with E-state index in [4.69, 9.17) is 0 Å². The van der Waals surface area contributed by atoms with Crippen LogP contribution >= 0.6 is 0 Å². The van der Waals surface area contributed by atoms with Gasteiger partial charge in [0.2, 0.25) is 0 Å². The van der Waals surface area contributed by atoms with E-state index in [0.717, 1.165) is 48.7 Å². The highest BCUT2D eigenvalue weighted by Crippen LogP contribution is 2.34. The highest BCUT2D eigenvalue weighted by molar-refractivity contribution is 5.88. The summed E-state index contributed by atoms with van der Waals surface area (Å²) < 4.78 is 0. The molecule has 1 aliphatic rings. The predicted molar refractivity (Wildman–Crippen MR) is 159 cm³/mol. The fourth-order valence-corrected chi connectivity index (χ4v) is 5.32. The van der Waals surface area contributed by atoms with Gasteiger partial charge in [-0.25, -0.2) is 0 Å². The number of rotatable bonds is 14. The van der Waals surface area contributed by atoms with Crippen molar-refractivity contribution in [1.29, 1.82) is 0 Å². The summed E-state index contributed by atoms with van der Waals surface area (Å²) in [6.07, 6.45) is 8.95. The number of allylic oxidation sites excluding steroid dienone is 3. The fourth-order valence-electron chi connectivity index (χ4n) is 5.32. The van der Waals surface area contributed by atoms with Crippen molar-refractivity contribution >= 4 is 16.9 Å². The summed E-state index contributed by atoms with van der Waals surface area (Å²) in [6, 6.07) is 15.5. The number of aryl methyl sites for hydroxylation is 1. The molecule has 0 fully saturated rings.